The van der Waals surface area contributed by atoms with Crippen molar-refractivity contribution in [2.24, 2.45) is 5.92 Å². The molecule has 1 saturated heterocycles. The molecule has 0 aromatic heterocycles. The first-order valence-corrected chi connectivity index (χ1v) is 8.40. The third-order valence-corrected chi connectivity index (χ3v) is 4.90. The molecule has 3 nitrogen and oxygen atoms in total. The van der Waals surface area contributed by atoms with Gasteiger partial charge in [-0.25, -0.2) is 0 Å². The molecule has 1 aliphatic heterocycles. The Morgan fingerprint density at radius 2 is 1.86 bits per heavy atom. The van der Waals surface area contributed by atoms with Crippen LogP contribution in [0, 0.1) is 5.92 Å². The lowest BCUT2D eigenvalue weighted by atomic mass is 9.92. The summed E-state index contributed by atoms with van der Waals surface area (Å²) in [4.78, 5) is 15.1. The Morgan fingerprint density at radius 3 is 2.52 bits per heavy atom. The van der Waals surface area contributed by atoms with Crippen LogP contribution < -0.4 is 5.32 Å². The summed E-state index contributed by atoms with van der Waals surface area (Å²) in [7, 11) is 0. The van der Waals surface area contributed by atoms with Crippen LogP contribution in [0.2, 0.25) is 0 Å². The average molecular weight is 286 g/mol. The summed E-state index contributed by atoms with van der Waals surface area (Å²) in [6, 6.07) is 10.9. The van der Waals surface area contributed by atoms with E-state index >= 15 is 0 Å². The number of carbonyl (C=O) groups is 1. The van der Waals surface area contributed by atoms with Gasteiger partial charge in [0.15, 0.2) is 0 Å². The molecule has 0 radical (unpaired) electrons. The summed E-state index contributed by atoms with van der Waals surface area (Å²) in [6.45, 7) is 2.62. The third kappa shape index (κ3) is 3.65. The van der Waals surface area contributed by atoms with Crippen LogP contribution >= 0.6 is 0 Å². The highest BCUT2D eigenvalue weighted by molar-refractivity contribution is 5.79. The van der Waals surface area contributed by atoms with Gasteiger partial charge in [0, 0.05) is 19.1 Å². The van der Waals surface area contributed by atoms with Crippen molar-refractivity contribution in [2.45, 2.75) is 51.1 Å². The quantitative estimate of drug-likeness (QED) is 0.923. The lowest BCUT2D eigenvalue weighted by molar-refractivity contribution is -0.138. The summed E-state index contributed by atoms with van der Waals surface area (Å²) in [6.07, 6.45) is 7.22. The molecular weight excluding hydrogens is 260 g/mol. The Labute approximate surface area is 127 Å². The number of nitrogens with one attached hydrogen (secondary N) is 1. The number of hydrogen-bond acceptors (Lipinski definition) is 2. The fourth-order valence-electron chi connectivity index (χ4n) is 3.66. The van der Waals surface area contributed by atoms with E-state index in [1.165, 1.54) is 37.7 Å². The molecule has 0 bridgehead atoms. The standard InChI is InChI=1S/C18H26N2O/c21-18(16-11-12-19-13-16)20(17-9-5-2-6-10-17)14-15-7-3-1-4-8-15/h1,3-4,7-8,16-17,19H,2,5-6,9-14H2. The largest absolute Gasteiger partial charge is 0.335 e. The molecule has 3 rings (SSSR count). The molecule has 1 aromatic rings. The molecular formula is C18H26N2O. The molecule has 1 atom stereocenters. The van der Waals surface area contributed by atoms with E-state index in [-0.39, 0.29) is 5.92 Å². The van der Waals surface area contributed by atoms with Gasteiger partial charge in [0.1, 0.15) is 0 Å². The van der Waals surface area contributed by atoms with E-state index in [2.05, 4.69) is 34.5 Å². The van der Waals surface area contributed by atoms with Gasteiger partial charge < -0.3 is 10.2 Å². The topological polar surface area (TPSA) is 32.3 Å². The van der Waals surface area contributed by atoms with Gasteiger partial charge in [-0.2, -0.15) is 0 Å². The molecule has 1 saturated carbocycles. The van der Waals surface area contributed by atoms with Crippen LogP contribution in [-0.4, -0.2) is 29.9 Å². The Bertz CT molecular complexity index is 448. The van der Waals surface area contributed by atoms with E-state index in [1.807, 2.05) is 6.07 Å². The molecule has 1 aliphatic carbocycles. The van der Waals surface area contributed by atoms with Gasteiger partial charge in [0.2, 0.25) is 5.91 Å². The normalized spacial score (nSPS) is 23.1. The molecule has 114 valence electrons. The Balaban J connectivity index is 1.74. The fourth-order valence-corrected chi connectivity index (χ4v) is 3.66. The first-order valence-electron chi connectivity index (χ1n) is 8.40. The van der Waals surface area contributed by atoms with Crippen molar-refractivity contribution in [3.8, 4) is 0 Å². The van der Waals surface area contributed by atoms with Gasteiger partial charge in [0.05, 0.1) is 5.92 Å². The second kappa shape index (κ2) is 7.08. The van der Waals surface area contributed by atoms with Crippen LogP contribution in [0.15, 0.2) is 30.3 Å². The molecule has 3 heteroatoms. The maximum atomic E-state index is 12.9. The number of benzene rings is 1. The van der Waals surface area contributed by atoms with E-state index in [0.29, 0.717) is 11.9 Å². The molecule has 1 heterocycles. The highest BCUT2D eigenvalue weighted by Gasteiger charge is 2.32. The van der Waals surface area contributed by atoms with Crippen molar-refractivity contribution < 1.29 is 4.79 Å². The van der Waals surface area contributed by atoms with Gasteiger partial charge in [-0.3, -0.25) is 4.79 Å². The zero-order valence-corrected chi connectivity index (χ0v) is 12.8. The van der Waals surface area contributed by atoms with Crippen molar-refractivity contribution in [2.75, 3.05) is 13.1 Å². The van der Waals surface area contributed by atoms with Gasteiger partial charge >= 0.3 is 0 Å². The zero-order chi connectivity index (χ0) is 14.5. The van der Waals surface area contributed by atoms with Gasteiger partial charge in [0.25, 0.3) is 0 Å². The van der Waals surface area contributed by atoms with Crippen LogP contribution in [0.25, 0.3) is 0 Å². The molecule has 1 N–H and O–H groups in total. The molecule has 21 heavy (non-hydrogen) atoms. The summed E-state index contributed by atoms with van der Waals surface area (Å²) in [5, 5.41) is 3.33. The maximum absolute atomic E-state index is 12.9. The maximum Gasteiger partial charge on any atom is 0.227 e. The third-order valence-electron chi connectivity index (χ3n) is 4.90. The number of hydrogen-bond donors (Lipinski definition) is 1. The van der Waals surface area contributed by atoms with Crippen LogP contribution in [0.4, 0.5) is 0 Å². The van der Waals surface area contributed by atoms with Crippen molar-refractivity contribution in [3.05, 3.63) is 35.9 Å². The minimum absolute atomic E-state index is 0.190. The molecule has 1 amide bonds. The minimum atomic E-state index is 0.190. The Hall–Kier alpha value is -1.35. The molecule has 2 aliphatic rings. The second-order valence-electron chi connectivity index (χ2n) is 6.43. The number of rotatable bonds is 4. The molecule has 2 fully saturated rings. The summed E-state index contributed by atoms with van der Waals surface area (Å²) >= 11 is 0. The number of amides is 1. The van der Waals surface area contributed by atoms with Crippen molar-refractivity contribution >= 4 is 5.91 Å². The van der Waals surface area contributed by atoms with E-state index in [1.54, 1.807) is 0 Å². The average Bonchev–Trinajstić information content (AvgIpc) is 3.08. The van der Waals surface area contributed by atoms with Crippen molar-refractivity contribution in [1.82, 2.24) is 10.2 Å². The summed E-state index contributed by atoms with van der Waals surface area (Å²) in [5.41, 5.74) is 1.25. The minimum Gasteiger partial charge on any atom is -0.335 e. The summed E-state index contributed by atoms with van der Waals surface area (Å²) < 4.78 is 0. The molecule has 0 spiro atoms. The van der Waals surface area contributed by atoms with Crippen molar-refractivity contribution in [1.29, 1.82) is 0 Å². The van der Waals surface area contributed by atoms with Gasteiger partial charge in [-0.05, 0) is 31.4 Å². The van der Waals surface area contributed by atoms with E-state index < -0.39 is 0 Å². The van der Waals surface area contributed by atoms with E-state index in [9.17, 15) is 4.79 Å². The van der Waals surface area contributed by atoms with Crippen LogP contribution in [0.1, 0.15) is 44.1 Å². The SMILES string of the molecule is O=C(C1CCNC1)N(Cc1ccccc1)C1CCCCC1. The first kappa shape index (κ1) is 14.6. The zero-order valence-electron chi connectivity index (χ0n) is 12.8. The van der Waals surface area contributed by atoms with Gasteiger partial charge in [-0.15, -0.1) is 0 Å². The van der Waals surface area contributed by atoms with Crippen molar-refractivity contribution in [3.63, 3.8) is 0 Å². The van der Waals surface area contributed by atoms with Crippen LogP contribution in [0.3, 0.4) is 0 Å². The number of nitrogens with zero attached hydrogens (tertiary/aromatic N) is 1. The predicted molar refractivity (Wildman–Crippen MR) is 84.8 cm³/mol. The van der Waals surface area contributed by atoms with Gasteiger partial charge in [-0.1, -0.05) is 49.6 Å². The molecule has 1 aromatic carbocycles. The highest BCUT2D eigenvalue weighted by Crippen LogP contribution is 2.26. The monoisotopic (exact) mass is 286 g/mol. The lowest BCUT2D eigenvalue weighted by Gasteiger charge is -2.36. The predicted octanol–water partition coefficient (Wildman–Crippen LogP) is 2.96. The highest BCUT2D eigenvalue weighted by atomic mass is 16.2. The van der Waals surface area contributed by atoms with Crippen LogP contribution in [0.5, 0.6) is 0 Å². The van der Waals surface area contributed by atoms with E-state index in [4.69, 9.17) is 0 Å². The molecule has 1 unspecified atom stereocenters. The fraction of sp³-hybridized carbons (Fsp3) is 0.611. The number of carbonyl (C=O) groups excluding carboxylic acids is 1. The first-order chi connectivity index (χ1) is 10.3. The van der Waals surface area contributed by atoms with Crippen LogP contribution in [-0.2, 0) is 11.3 Å². The summed E-state index contributed by atoms with van der Waals surface area (Å²) in [5.74, 6) is 0.561. The second-order valence-corrected chi connectivity index (χ2v) is 6.43. The smallest absolute Gasteiger partial charge is 0.227 e. The Kier molecular flexibility index (Phi) is 4.91. The van der Waals surface area contributed by atoms with E-state index in [0.717, 1.165) is 26.1 Å². The Morgan fingerprint density at radius 1 is 1.10 bits per heavy atom. The lowest BCUT2D eigenvalue weighted by Crippen LogP contribution is -2.44.